The molecule has 0 radical (unpaired) electrons. The average Bonchev–Trinajstić information content (AvgIpc) is 2.39. The summed E-state index contributed by atoms with van der Waals surface area (Å²) < 4.78 is 0. The third kappa shape index (κ3) is 2.53. The summed E-state index contributed by atoms with van der Waals surface area (Å²) in [6.45, 7) is 2.41. The summed E-state index contributed by atoms with van der Waals surface area (Å²) in [5.74, 6) is -0.0860. The molecule has 18 heavy (non-hydrogen) atoms. The molecule has 1 saturated heterocycles. The Kier molecular flexibility index (Phi) is 3.65. The molecular weight excluding hydrogens is 230 g/mol. The first-order valence-electron chi connectivity index (χ1n) is 6.20. The number of likely N-dealkylation sites (tertiary alicyclic amines) is 1. The Hall–Kier alpha value is -1.84. The van der Waals surface area contributed by atoms with E-state index < -0.39 is 12.1 Å². The molecule has 1 aromatic carbocycles. The van der Waals surface area contributed by atoms with Gasteiger partial charge in [0.05, 0.1) is 6.04 Å². The van der Waals surface area contributed by atoms with Crippen LogP contribution in [0.5, 0.6) is 0 Å². The normalized spacial score (nSPS) is 19.6. The molecule has 2 rings (SSSR count). The molecule has 0 spiro atoms. The van der Waals surface area contributed by atoms with Gasteiger partial charge in [0.15, 0.2) is 5.78 Å². The maximum atomic E-state index is 12.3. The minimum atomic E-state index is -1.000. The highest BCUT2D eigenvalue weighted by atomic mass is 16.4. The summed E-state index contributed by atoms with van der Waals surface area (Å²) in [7, 11) is 0. The Morgan fingerprint density at radius 3 is 2.50 bits per heavy atom. The van der Waals surface area contributed by atoms with Crippen molar-refractivity contribution in [1.82, 2.24) is 4.90 Å². The van der Waals surface area contributed by atoms with Crippen LogP contribution in [0.4, 0.5) is 4.79 Å². The fraction of sp³-hybridized carbons (Fsp3) is 0.429. The predicted molar refractivity (Wildman–Crippen MR) is 67.9 cm³/mol. The fourth-order valence-electron chi connectivity index (χ4n) is 2.34. The first kappa shape index (κ1) is 12.6. The van der Waals surface area contributed by atoms with Crippen LogP contribution in [0, 0.1) is 6.92 Å². The molecule has 1 aliphatic heterocycles. The molecule has 0 aromatic heterocycles. The van der Waals surface area contributed by atoms with Crippen molar-refractivity contribution < 1.29 is 14.7 Å². The van der Waals surface area contributed by atoms with E-state index in [0.717, 1.165) is 18.4 Å². The van der Waals surface area contributed by atoms with Gasteiger partial charge in [0, 0.05) is 12.1 Å². The van der Waals surface area contributed by atoms with Crippen LogP contribution < -0.4 is 0 Å². The molecule has 1 heterocycles. The molecular formula is C14H17NO3. The number of carbonyl (C=O) groups is 2. The van der Waals surface area contributed by atoms with Crippen LogP contribution in [0.1, 0.15) is 35.2 Å². The molecule has 96 valence electrons. The first-order chi connectivity index (χ1) is 8.59. The lowest BCUT2D eigenvalue weighted by atomic mass is 9.94. The van der Waals surface area contributed by atoms with Gasteiger partial charge in [-0.2, -0.15) is 0 Å². The number of carboxylic acid groups (broad SMARTS) is 1. The predicted octanol–water partition coefficient (Wildman–Crippen LogP) is 2.71. The van der Waals surface area contributed by atoms with Crippen LogP contribution in [0.15, 0.2) is 24.3 Å². The van der Waals surface area contributed by atoms with Gasteiger partial charge in [0.2, 0.25) is 0 Å². The van der Waals surface area contributed by atoms with Crippen molar-refractivity contribution in [3.63, 3.8) is 0 Å². The summed E-state index contributed by atoms with van der Waals surface area (Å²) in [4.78, 5) is 24.7. The van der Waals surface area contributed by atoms with Gasteiger partial charge in [-0.15, -0.1) is 0 Å². The summed E-state index contributed by atoms with van der Waals surface area (Å²) in [6.07, 6.45) is 1.37. The van der Waals surface area contributed by atoms with Crippen molar-refractivity contribution in [2.75, 3.05) is 6.54 Å². The van der Waals surface area contributed by atoms with E-state index in [9.17, 15) is 9.59 Å². The number of nitrogens with zero attached hydrogens (tertiary/aromatic N) is 1. The molecule has 1 unspecified atom stereocenters. The molecule has 1 aliphatic rings. The van der Waals surface area contributed by atoms with Crippen molar-refractivity contribution in [2.24, 2.45) is 0 Å². The third-order valence-electron chi connectivity index (χ3n) is 3.39. The van der Waals surface area contributed by atoms with Crippen LogP contribution in [0.2, 0.25) is 0 Å². The molecule has 4 nitrogen and oxygen atoms in total. The molecule has 0 aliphatic carbocycles. The molecule has 4 heteroatoms. The first-order valence-corrected chi connectivity index (χ1v) is 6.20. The summed E-state index contributed by atoms with van der Waals surface area (Å²) in [5.41, 5.74) is 1.68. The molecule has 1 aromatic rings. The van der Waals surface area contributed by atoms with Gasteiger partial charge >= 0.3 is 6.09 Å². The Bertz CT molecular complexity index is 453. The van der Waals surface area contributed by atoms with Crippen LogP contribution in [-0.2, 0) is 0 Å². The largest absolute Gasteiger partial charge is 0.465 e. The second-order valence-electron chi connectivity index (χ2n) is 4.72. The second kappa shape index (κ2) is 5.21. The average molecular weight is 247 g/mol. The number of rotatable bonds is 2. The van der Waals surface area contributed by atoms with Crippen LogP contribution in [-0.4, -0.2) is 34.5 Å². The van der Waals surface area contributed by atoms with E-state index in [1.165, 1.54) is 4.90 Å². The van der Waals surface area contributed by atoms with Gasteiger partial charge in [0.1, 0.15) is 0 Å². The second-order valence-corrected chi connectivity index (χ2v) is 4.72. The van der Waals surface area contributed by atoms with Crippen molar-refractivity contribution >= 4 is 11.9 Å². The number of aryl methyl sites for hydroxylation is 1. The number of amides is 1. The minimum Gasteiger partial charge on any atom is -0.465 e. The molecule has 0 bridgehead atoms. The molecule has 0 saturated carbocycles. The van der Waals surface area contributed by atoms with Crippen molar-refractivity contribution in [1.29, 1.82) is 0 Å². The third-order valence-corrected chi connectivity index (χ3v) is 3.39. The monoisotopic (exact) mass is 247 g/mol. The number of piperidine rings is 1. The number of Topliss-reactive ketones (excluding diaryl/α,β-unsaturated/α-hetero) is 1. The maximum Gasteiger partial charge on any atom is 0.407 e. The number of ketones is 1. The Morgan fingerprint density at radius 2 is 1.89 bits per heavy atom. The van der Waals surface area contributed by atoms with E-state index in [4.69, 9.17) is 5.11 Å². The van der Waals surface area contributed by atoms with Crippen LogP contribution in [0.3, 0.4) is 0 Å². The van der Waals surface area contributed by atoms with Crippen molar-refractivity contribution in [3.8, 4) is 0 Å². The summed E-state index contributed by atoms with van der Waals surface area (Å²) in [5, 5.41) is 9.12. The highest BCUT2D eigenvalue weighted by Gasteiger charge is 2.32. The topological polar surface area (TPSA) is 57.6 Å². The zero-order chi connectivity index (χ0) is 13.1. The Balaban J connectivity index is 2.20. The van der Waals surface area contributed by atoms with Crippen molar-refractivity contribution in [3.05, 3.63) is 35.4 Å². The fourth-order valence-corrected chi connectivity index (χ4v) is 2.34. The van der Waals surface area contributed by atoms with Gasteiger partial charge in [0.25, 0.3) is 0 Å². The summed E-state index contributed by atoms with van der Waals surface area (Å²) >= 11 is 0. The standard InChI is InChI=1S/C14H17NO3/c1-10-5-7-11(8-6-10)13(16)12-4-2-3-9-15(12)14(17)18/h5-8,12H,2-4,9H2,1H3,(H,17,18). The van der Waals surface area contributed by atoms with Gasteiger partial charge in [-0.25, -0.2) is 4.79 Å². The van der Waals surface area contributed by atoms with E-state index >= 15 is 0 Å². The molecule has 1 fully saturated rings. The maximum absolute atomic E-state index is 12.3. The van der Waals surface area contributed by atoms with E-state index in [2.05, 4.69) is 0 Å². The molecule has 1 amide bonds. The summed E-state index contributed by atoms with van der Waals surface area (Å²) in [6, 6.07) is 6.78. The van der Waals surface area contributed by atoms with Crippen LogP contribution in [0.25, 0.3) is 0 Å². The van der Waals surface area contributed by atoms with Crippen molar-refractivity contribution in [2.45, 2.75) is 32.2 Å². The molecule has 1 atom stereocenters. The van der Waals surface area contributed by atoms with Gasteiger partial charge in [-0.1, -0.05) is 29.8 Å². The lowest BCUT2D eigenvalue weighted by Crippen LogP contribution is -2.47. The van der Waals surface area contributed by atoms with E-state index in [1.807, 2.05) is 19.1 Å². The lowest BCUT2D eigenvalue weighted by molar-refractivity contribution is 0.0714. The van der Waals surface area contributed by atoms with Gasteiger partial charge in [-0.05, 0) is 26.2 Å². The lowest BCUT2D eigenvalue weighted by Gasteiger charge is -2.32. The van der Waals surface area contributed by atoms with Gasteiger partial charge in [-0.3, -0.25) is 9.69 Å². The van der Waals surface area contributed by atoms with Gasteiger partial charge < -0.3 is 5.11 Å². The number of benzene rings is 1. The number of hydrogen-bond acceptors (Lipinski definition) is 2. The van der Waals surface area contributed by atoms with E-state index in [1.54, 1.807) is 12.1 Å². The van der Waals surface area contributed by atoms with E-state index in [0.29, 0.717) is 18.5 Å². The highest BCUT2D eigenvalue weighted by molar-refractivity contribution is 6.01. The van der Waals surface area contributed by atoms with E-state index in [-0.39, 0.29) is 5.78 Å². The molecule has 1 N–H and O–H groups in total. The number of hydrogen-bond donors (Lipinski definition) is 1. The zero-order valence-electron chi connectivity index (χ0n) is 10.4. The zero-order valence-corrected chi connectivity index (χ0v) is 10.4. The SMILES string of the molecule is Cc1ccc(C(=O)C2CCCCN2C(=O)O)cc1. The highest BCUT2D eigenvalue weighted by Crippen LogP contribution is 2.21. The number of carbonyl (C=O) groups excluding carboxylic acids is 1. The quantitative estimate of drug-likeness (QED) is 0.817. The van der Waals surface area contributed by atoms with Crippen LogP contribution >= 0.6 is 0 Å². The Labute approximate surface area is 106 Å². The minimum absolute atomic E-state index is 0.0860. The Morgan fingerprint density at radius 1 is 1.22 bits per heavy atom. The smallest absolute Gasteiger partial charge is 0.407 e.